The molecule has 7 heteroatoms. The number of nitrogens with zero attached hydrogens (tertiary/aromatic N) is 1. The molecule has 0 atom stereocenters. The molecule has 0 spiro atoms. The lowest BCUT2D eigenvalue weighted by Crippen LogP contribution is -2.37. The zero-order chi connectivity index (χ0) is 13.8. The van der Waals surface area contributed by atoms with Crippen molar-refractivity contribution < 1.29 is 9.59 Å². The second kappa shape index (κ2) is 6.08. The Hall–Kier alpha value is -1.53. The Morgan fingerprint density at radius 1 is 1.32 bits per heavy atom. The van der Waals surface area contributed by atoms with Crippen molar-refractivity contribution in [3.05, 3.63) is 28.8 Å². The van der Waals surface area contributed by atoms with E-state index in [1.54, 1.807) is 18.2 Å². The quantitative estimate of drug-likeness (QED) is 0.777. The molecule has 0 unspecified atom stereocenters. The second-order valence-corrected chi connectivity index (χ2v) is 5.40. The fraction of sp³-hybridized carbons (Fsp3) is 0.250. The average molecular weight is 298 g/mol. The molecule has 2 N–H and O–H groups in total. The van der Waals surface area contributed by atoms with Crippen molar-refractivity contribution >= 4 is 46.0 Å². The van der Waals surface area contributed by atoms with Gasteiger partial charge in [-0.25, -0.2) is 0 Å². The zero-order valence-electron chi connectivity index (χ0n) is 10.2. The van der Waals surface area contributed by atoms with Gasteiger partial charge in [0, 0.05) is 16.5 Å². The van der Waals surface area contributed by atoms with Crippen LogP contribution in [-0.4, -0.2) is 29.3 Å². The van der Waals surface area contributed by atoms with Gasteiger partial charge in [0.05, 0.1) is 6.54 Å². The van der Waals surface area contributed by atoms with Gasteiger partial charge in [0.25, 0.3) is 0 Å². The van der Waals surface area contributed by atoms with E-state index < -0.39 is 11.8 Å². The number of hydrogen-bond donors (Lipinski definition) is 2. The van der Waals surface area contributed by atoms with E-state index in [9.17, 15) is 9.59 Å². The minimum atomic E-state index is -0.741. The SMILES string of the molecule is Cc1ccc(NC(=O)C(=O)NC2=NCCS2)cc1Cl. The van der Waals surface area contributed by atoms with Crippen LogP contribution in [0.15, 0.2) is 23.2 Å². The number of anilines is 1. The van der Waals surface area contributed by atoms with E-state index in [2.05, 4.69) is 15.6 Å². The van der Waals surface area contributed by atoms with Crippen molar-refractivity contribution in [2.24, 2.45) is 4.99 Å². The summed E-state index contributed by atoms with van der Waals surface area (Å²) in [6.07, 6.45) is 0. The van der Waals surface area contributed by atoms with E-state index in [0.717, 1.165) is 11.3 Å². The van der Waals surface area contributed by atoms with Crippen LogP contribution >= 0.6 is 23.4 Å². The van der Waals surface area contributed by atoms with Gasteiger partial charge in [-0.1, -0.05) is 29.4 Å². The standard InChI is InChI=1S/C12H12ClN3O2S/c1-7-2-3-8(6-9(7)13)15-10(17)11(18)16-12-14-4-5-19-12/h2-3,6H,4-5H2,1H3,(H,15,17)(H,14,16,18). The number of aryl methyl sites for hydroxylation is 1. The van der Waals surface area contributed by atoms with Crippen LogP contribution in [0, 0.1) is 6.92 Å². The molecule has 19 heavy (non-hydrogen) atoms. The van der Waals surface area contributed by atoms with Gasteiger partial charge in [-0.05, 0) is 24.6 Å². The molecule has 1 aromatic carbocycles. The van der Waals surface area contributed by atoms with E-state index >= 15 is 0 Å². The number of benzene rings is 1. The highest BCUT2D eigenvalue weighted by molar-refractivity contribution is 8.14. The normalized spacial score (nSPS) is 13.9. The molecular weight excluding hydrogens is 286 g/mol. The first-order chi connectivity index (χ1) is 9.06. The summed E-state index contributed by atoms with van der Waals surface area (Å²) < 4.78 is 0. The van der Waals surface area contributed by atoms with Crippen LogP contribution in [0.5, 0.6) is 0 Å². The second-order valence-electron chi connectivity index (χ2n) is 3.91. The van der Waals surface area contributed by atoms with Crippen molar-refractivity contribution in [2.45, 2.75) is 6.92 Å². The number of carbonyl (C=O) groups is 2. The Bertz CT molecular complexity index is 560. The molecule has 1 heterocycles. The minimum absolute atomic E-state index is 0.483. The summed E-state index contributed by atoms with van der Waals surface area (Å²) in [5.74, 6) is -0.648. The summed E-state index contributed by atoms with van der Waals surface area (Å²) in [6.45, 7) is 2.52. The zero-order valence-corrected chi connectivity index (χ0v) is 11.8. The number of nitrogens with one attached hydrogen (secondary N) is 2. The molecule has 0 radical (unpaired) electrons. The Kier molecular flexibility index (Phi) is 4.44. The lowest BCUT2D eigenvalue weighted by Gasteiger charge is -2.07. The lowest BCUT2D eigenvalue weighted by molar-refractivity contribution is -0.135. The molecule has 2 rings (SSSR count). The molecule has 1 aliphatic heterocycles. The molecule has 1 aliphatic rings. The third-order valence-corrected chi connectivity index (χ3v) is 3.74. The fourth-order valence-electron chi connectivity index (χ4n) is 1.42. The van der Waals surface area contributed by atoms with Crippen LogP contribution in [-0.2, 0) is 9.59 Å². The lowest BCUT2D eigenvalue weighted by atomic mass is 10.2. The molecule has 0 fully saturated rings. The summed E-state index contributed by atoms with van der Waals surface area (Å²) in [5.41, 5.74) is 1.39. The highest BCUT2D eigenvalue weighted by Gasteiger charge is 2.18. The third kappa shape index (κ3) is 3.71. The molecule has 2 amide bonds. The molecule has 0 aliphatic carbocycles. The van der Waals surface area contributed by atoms with Crippen LogP contribution in [0.1, 0.15) is 5.56 Å². The highest BCUT2D eigenvalue weighted by Crippen LogP contribution is 2.19. The van der Waals surface area contributed by atoms with Crippen LogP contribution in [0.25, 0.3) is 0 Å². The predicted molar refractivity (Wildman–Crippen MR) is 77.7 cm³/mol. The molecule has 100 valence electrons. The molecule has 0 saturated heterocycles. The van der Waals surface area contributed by atoms with Gasteiger partial charge in [0.1, 0.15) is 0 Å². The van der Waals surface area contributed by atoms with Gasteiger partial charge in [-0.3, -0.25) is 19.9 Å². The summed E-state index contributed by atoms with van der Waals surface area (Å²) >= 11 is 7.36. The van der Waals surface area contributed by atoms with Gasteiger partial charge in [-0.2, -0.15) is 0 Å². The Morgan fingerprint density at radius 3 is 2.68 bits per heavy atom. The smallest absolute Gasteiger partial charge is 0.315 e. The first-order valence-corrected chi connectivity index (χ1v) is 6.98. The Morgan fingerprint density at radius 2 is 2.05 bits per heavy atom. The minimum Gasteiger partial charge on any atom is -0.318 e. The van der Waals surface area contributed by atoms with Crippen molar-refractivity contribution in [1.29, 1.82) is 0 Å². The monoisotopic (exact) mass is 297 g/mol. The van der Waals surface area contributed by atoms with Crippen LogP contribution in [0.4, 0.5) is 5.69 Å². The van der Waals surface area contributed by atoms with Gasteiger partial charge in [-0.15, -0.1) is 0 Å². The van der Waals surface area contributed by atoms with Gasteiger partial charge in [0.15, 0.2) is 5.17 Å². The number of carbonyl (C=O) groups excluding carboxylic acids is 2. The number of amides is 2. The Balaban J connectivity index is 1.96. The van der Waals surface area contributed by atoms with Crippen molar-refractivity contribution in [3.8, 4) is 0 Å². The number of aliphatic imine (C=N–C) groups is 1. The van der Waals surface area contributed by atoms with Gasteiger partial charge in [0.2, 0.25) is 0 Å². The maximum atomic E-state index is 11.7. The molecule has 1 aromatic rings. The number of thioether (sulfide) groups is 1. The number of amidine groups is 1. The van der Waals surface area contributed by atoms with Crippen molar-refractivity contribution in [2.75, 3.05) is 17.6 Å². The van der Waals surface area contributed by atoms with Crippen molar-refractivity contribution in [3.63, 3.8) is 0 Å². The van der Waals surface area contributed by atoms with Gasteiger partial charge >= 0.3 is 11.8 Å². The molecule has 0 bridgehead atoms. The number of hydrogen-bond acceptors (Lipinski definition) is 4. The largest absolute Gasteiger partial charge is 0.318 e. The molecular formula is C12H12ClN3O2S. The van der Waals surface area contributed by atoms with Crippen LogP contribution in [0.2, 0.25) is 5.02 Å². The molecule has 0 saturated carbocycles. The number of rotatable bonds is 1. The summed E-state index contributed by atoms with van der Waals surface area (Å²) in [4.78, 5) is 27.3. The van der Waals surface area contributed by atoms with E-state index in [1.807, 2.05) is 6.92 Å². The first-order valence-electron chi connectivity index (χ1n) is 5.62. The maximum Gasteiger partial charge on any atom is 0.315 e. The summed E-state index contributed by atoms with van der Waals surface area (Å²) in [7, 11) is 0. The predicted octanol–water partition coefficient (Wildman–Crippen LogP) is 1.81. The molecule has 0 aromatic heterocycles. The van der Waals surface area contributed by atoms with E-state index in [4.69, 9.17) is 11.6 Å². The highest BCUT2D eigenvalue weighted by atomic mass is 35.5. The van der Waals surface area contributed by atoms with E-state index in [-0.39, 0.29) is 0 Å². The first kappa shape index (κ1) is 13.9. The number of halogens is 1. The van der Waals surface area contributed by atoms with Gasteiger partial charge < -0.3 is 5.32 Å². The Labute approximate surface area is 119 Å². The average Bonchev–Trinajstić information content (AvgIpc) is 2.86. The third-order valence-electron chi connectivity index (χ3n) is 2.44. The topological polar surface area (TPSA) is 70.6 Å². The van der Waals surface area contributed by atoms with E-state index in [1.165, 1.54) is 11.8 Å². The summed E-state index contributed by atoms with van der Waals surface area (Å²) in [5, 5.41) is 5.96. The summed E-state index contributed by atoms with van der Waals surface area (Å²) in [6, 6.07) is 5.06. The molecule has 5 nitrogen and oxygen atoms in total. The fourth-order valence-corrected chi connectivity index (χ4v) is 2.33. The van der Waals surface area contributed by atoms with Crippen LogP contribution in [0.3, 0.4) is 0 Å². The van der Waals surface area contributed by atoms with Crippen molar-refractivity contribution in [1.82, 2.24) is 5.32 Å². The maximum absolute atomic E-state index is 11.7. The van der Waals surface area contributed by atoms with E-state index in [0.29, 0.717) is 22.4 Å². The van der Waals surface area contributed by atoms with Crippen LogP contribution < -0.4 is 10.6 Å².